The van der Waals surface area contributed by atoms with Crippen LogP contribution in [0.2, 0.25) is 0 Å². The zero-order chi connectivity index (χ0) is 15.5. The average Bonchev–Trinajstić information content (AvgIpc) is 2.81. The summed E-state index contributed by atoms with van der Waals surface area (Å²) < 4.78 is 13.8. The fourth-order valence-electron chi connectivity index (χ4n) is 2.72. The van der Waals surface area contributed by atoms with E-state index >= 15 is 0 Å². The number of aryl methyl sites for hydroxylation is 1. The van der Waals surface area contributed by atoms with E-state index in [1.54, 1.807) is 17.4 Å². The van der Waals surface area contributed by atoms with Crippen LogP contribution >= 0.6 is 11.3 Å². The highest BCUT2D eigenvalue weighted by Crippen LogP contribution is 2.26. The monoisotopic (exact) mass is 316 g/mol. The van der Waals surface area contributed by atoms with Crippen LogP contribution in [-0.4, -0.2) is 31.2 Å². The summed E-state index contributed by atoms with van der Waals surface area (Å²) >= 11 is 1.66. The Hall–Kier alpha value is -2.13. The Morgan fingerprint density at radius 2 is 2.00 bits per heavy atom. The van der Waals surface area contributed by atoms with Crippen molar-refractivity contribution in [1.82, 2.24) is 4.98 Å². The van der Waals surface area contributed by atoms with Gasteiger partial charge in [-0.2, -0.15) is 5.26 Å². The lowest BCUT2D eigenvalue weighted by molar-refractivity contribution is 0.622. The molecule has 2 aromatic rings. The molecule has 0 saturated carbocycles. The maximum atomic E-state index is 13.8. The van der Waals surface area contributed by atoms with Gasteiger partial charge in [-0.05, 0) is 25.5 Å². The van der Waals surface area contributed by atoms with Crippen LogP contribution in [0.1, 0.15) is 17.7 Å². The van der Waals surface area contributed by atoms with Gasteiger partial charge in [0.15, 0.2) is 5.13 Å². The van der Waals surface area contributed by atoms with E-state index in [0.717, 1.165) is 43.4 Å². The maximum Gasteiger partial charge on any atom is 0.185 e. The molecule has 0 radical (unpaired) electrons. The van der Waals surface area contributed by atoms with E-state index in [-0.39, 0.29) is 5.56 Å². The minimum absolute atomic E-state index is 0.140. The van der Waals surface area contributed by atoms with Crippen molar-refractivity contribution in [2.24, 2.45) is 0 Å². The number of hydrogen-bond acceptors (Lipinski definition) is 5. The lowest BCUT2D eigenvalue weighted by atomic mass is 10.1. The first kappa shape index (κ1) is 14.8. The molecule has 0 bridgehead atoms. The first-order chi connectivity index (χ1) is 10.7. The molecule has 6 heteroatoms. The van der Waals surface area contributed by atoms with Gasteiger partial charge >= 0.3 is 0 Å². The predicted octanol–water partition coefficient (Wildman–Crippen LogP) is 3.18. The van der Waals surface area contributed by atoms with Crippen LogP contribution in [-0.2, 0) is 0 Å². The number of anilines is 2. The second-order valence-electron chi connectivity index (χ2n) is 5.34. The minimum atomic E-state index is -0.448. The summed E-state index contributed by atoms with van der Waals surface area (Å²) in [5.41, 5.74) is 1.87. The van der Waals surface area contributed by atoms with E-state index in [2.05, 4.69) is 20.2 Å². The standard InChI is InChI=1S/C16H17FN4S/c1-12-11-22-16(19-12)21-7-3-6-20(8-9-21)15-5-2-4-14(17)13(15)10-18/h2,4-5,11H,3,6-9H2,1H3. The first-order valence-electron chi connectivity index (χ1n) is 7.29. The molecule has 0 unspecified atom stereocenters. The van der Waals surface area contributed by atoms with Crippen LogP contribution in [0.5, 0.6) is 0 Å². The Labute approximate surface area is 133 Å². The highest BCUT2D eigenvalue weighted by atomic mass is 32.1. The van der Waals surface area contributed by atoms with E-state index < -0.39 is 5.82 Å². The summed E-state index contributed by atoms with van der Waals surface area (Å²) in [6.45, 7) is 5.33. The van der Waals surface area contributed by atoms with Gasteiger partial charge in [0.2, 0.25) is 0 Å². The van der Waals surface area contributed by atoms with Crippen LogP contribution in [0.25, 0.3) is 0 Å². The van der Waals surface area contributed by atoms with Crippen LogP contribution in [0, 0.1) is 24.1 Å². The third-order valence-electron chi connectivity index (χ3n) is 3.82. The van der Waals surface area contributed by atoms with Gasteiger partial charge in [-0.3, -0.25) is 0 Å². The topological polar surface area (TPSA) is 43.2 Å². The fraction of sp³-hybridized carbons (Fsp3) is 0.375. The summed E-state index contributed by atoms with van der Waals surface area (Å²) in [6.07, 6.45) is 0.958. The zero-order valence-electron chi connectivity index (χ0n) is 12.4. The molecular formula is C16H17FN4S. The molecule has 114 valence electrons. The van der Waals surface area contributed by atoms with E-state index in [0.29, 0.717) is 5.69 Å². The van der Waals surface area contributed by atoms with Crippen molar-refractivity contribution < 1.29 is 4.39 Å². The Morgan fingerprint density at radius 1 is 1.23 bits per heavy atom. The molecule has 1 fully saturated rings. The number of halogens is 1. The van der Waals surface area contributed by atoms with Gasteiger partial charge in [0, 0.05) is 31.6 Å². The van der Waals surface area contributed by atoms with Crippen molar-refractivity contribution in [3.05, 3.63) is 40.7 Å². The second-order valence-corrected chi connectivity index (χ2v) is 6.18. The first-order valence-corrected chi connectivity index (χ1v) is 8.17. The predicted molar refractivity (Wildman–Crippen MR) is 87.0 cm³/mol. The molecule has 1 aliphatic rings. The highest BCUT2D eigenvalue weighted by molar-refractivity contribution is 7.13. The number of aromatic nitrogens is 1. The van der Waals surface area contributed by atoms with Crippen molar-refractivity contribution >= 4 is 22.2 Å². The van der Waals surface area contributed by atoms with E-state index in [9.17, 15) is 9.65 Å². The largest absolute Gasteiger partial charge is 0.369 e. The molecule has 1 aromatic carbocycles. The van der Waals surface area contributed by atoms with Crippen LogP contribution in [0.15, 0.2) is 23.6 Å². The lowest BCUT2D eigenvalue weighted by Crippen LogP contribution is -2.31. The summed E-state index contributed by atoms with van der Waals surface area (Å²) in [5, 5.41) is 12.3. The average molecular weight is 316 g/mol. The molecule has 0 N–H and O–H groups in total. The van der Waals surface area contributed by atoms with Crippen molar-refractivity contribution in [1.29, 1.82) is 5.26 Å². The van der Waals surface area contributed by atoms with Crippen LogP contribution < -0.4 is 9.80 Å². The molecule has 2 heterocycles. The maximum absolute atomic E-state index is 13.8. The summed E-state index contributed by atoms with van der Waals surface area (Å²) in [5.74, 6) is -0.448. The molecule has 3 rings (SSSR count). The van der Waals surface area contributed by atoms with Crippen molar-refractivity contribution in [3.8, 4) is 6.07 Å². The van der Waals surface area contributed by atoms with Gasteiger partial charge in [-0.1, -0.05) is 6.07 Å². The van der Waals surface area contributed by atoms with Crippen LogP contribution in [0.4, 0.5) is 15.2 Å². The van der Waals surface area contributed by atoms with E-state index in [4.69, 9.17) is 0 Å². The SMILES string of the molecule is Cc1csc(N2CCCN(c3cccc(F)c3C#N)CC2)n1. The van der Waals surface area contributed by atoms with Gasteiger partial charge in [-0.25, -0.2) is 9.37 Å². The summed E-state index contributed by atoms with van der Waals surface area (Å²) in [4.78, 5) is 8.90. The quantitative estimate of drug-likeness (QED) is 0.853. The molecule has 1 aromatic heterocycles. The molecule has 1 saturated heterocycles. The number of benzene rings is 1. The molecular weight excluding hydrogens is 299 g/mol. The number of nitriles is 1. The summed E-state index contributed by atoms with van der Waals surface area (Å²) in [7, 11) is 0. The molecule has 0 spiro atoms. The van der Waals surface area contributed by atoms with Crippen molar-refractivity contribution in [2.75, 3.05) is 36.0 Å². The molecule has 1 aliphatic heterocycles. The Bertz CT molecular complexity index is 706. The smallest absolute Gasteiger partial charge is 0.185 e. The van der Waals surface area contributed by atoms with Gasteiger partial charge in [0.05, 0.1) is 11.4 Å². The van der Waals surface area contributed by atoms with Crippen molar-refractivity contribution in [2.45, 2.75) is 13.3 Å². The normalized spacial score (nSPS) is 15.5. The van der Waals surface area contributed by atoms with Gasteiger partial charge in [-0.15, -0.1) is 11.3 Å². The molecule has 22 heavy (non-hydrogen) atoms. The number of thiazole rings is 1. The number of nitrogens with zero attached hydrogens (tertiary/aromatic N) is 4. The van der Waals surface area contributed by atoms with Gasteiger partial charge < -0.3 is 9.80 Å². The number of hydrogen-bond donors (Lipinski definition) is 0. The van der Waals surface area contributed by atoms with Gasteiger partial charge in [0.25, 0.3) is 0 Å². The van der Waals surface area contributed by atoms with Crippen LogP contribution in [0.3, 0.4) is 0 Å². The molecule has 4 nitrogen and oxygen atoms in total. The third kappa shape index (κ3) is 2.90. The molecule has 0 amide bonds. The minimum Gasteiger partial charge on any atom is -0.369 e. The Morgan fingerprint density at radius 3 is 2.73 bits per heavy atom. The Balaban J connectivity index is 1.79. The van der Waals surface area contributed by atoms with Gasteiger partial charge in [0.1, 0.15) is 17.4 Å². The molecule has 0 atom stereocenters. The van der Waals surface area contributed by atoms with E-state index in [1.165, 1.54) is 6.07 Å². The lowest BCUT2D eigenvalue weighted by Gasteiger charge is -2.24. The fourth-order valence-corrected chi connectivity index (χ4v) is 3.58. The Kier molecular flexibility index (Phi) is 4.25. The molecule has 0 aliphatic carbocycles. The van der Waals surface area contributed by atoms with Crippen molar-refractivity contribution in [3.63, 3.8) is 0 Å². The summed E-state index contributed by atoms with van der Waals surface area (Å²) in [6, 6.07) is 6.81. The third-order valence-corrected chi connectivity index (χ3v) is 4.84. The van der Waals surface area contributed by atoms with E-state index in [1.807, 2.05) is 19.1 Å². The highest BCUT2D eigenvalue weighted by Gasteiger charge is 2.20. The zero-order valence-corrected chi connectivity index (χ0v) is 13.2. The second kappa shape index (κ2) is 6.32. The number of rotatable bonds is 2.